The predicted octanol–water partition coefficient (Wildman–Crippen LogP) is 4.48. The number of alkyl halides is 4. The predicted molar refractivity (Wildman–Crippen MR) is 164 cm³/mol. The minimum absolute atomic E-state index is 0.0213. The van der Waals surface area contributed by atoms with Gasteiger partial charge in [0.25, 0.3) is 0 Å². The number of anilines is 2. The van der Waals surface area contributed by atoms with Crippen molar-refractivity contribution < 1.29 is 49.5 Å². The maximum absolute atomic E-state index is 15.5. The number of aromatic nitrogens is 2. The van der Waals surface area contributed by atoms with Gasteiger partial charge < -0.3 is 20.3 Å². The van der Waals surface area contributed by atoms with Crippen molar-refractivity contribution in [1.29, 1.82) is 0 Å². The van der Waals surface area contributed by atoms with Gasteiger partial charge in [0.2, 0.25) is 5.78 Å². The SMILES string of the molecule is O=C(O)C(F)(F)F.O=C(c1c(F)ccc(NS(=O)(=O)N2CC[C@@H](F)C2)c1F)c1c[nH]c2ncc(-c3ccc(N4CCNCC4)cc3)cc12. The Morgan fingerprint density at radius 3 is 2.27 bits per heavy atom. The third-order valence-electron chi connectivity index (χ3n) is 7.69. The lowest BCUT2D eigenvalue weighted by atomic mass is 9.99. The fourth-order valence-electron chi connectivity index (χ4n) is 5.22. The summed E-state index contributed by atoms with van der Waals surface area (Å²) in [6.07, 6.45) is -3.43. The van der Waals surface area contributed by atoms with E-state index in [1.54, 1.807) is 12.3 Å². The first-order chi connectivity index (χ1) is 22.7. The first-order valence-electron chi connectivity index (χ1n) is 14.4. The lowest BCUT2D eigenvalue weighted by molar-refractivity contribution is -0.192. The van der Waals surface area contributed by atoms with Gasteiger partial charge in [-0.15, -0.1) is 0 Å². The molecule has 256 valence electrons. The number of pyridine rings is 1. The molecule has 2 aromatic carbocycles. The summed E-state index contributed by atoms with van der Waals surface area (Å²) in [5.41, 5.74) is 1.45. The summed E-state index contributed by atoms with van der Waals surface area (Å²) in [6, 6.07) is 11.4. The average Bonchev–Trinajstić information content (AvgIpc) is 3.69. The number of hydrogen-bond donors (Lipinski definition) is 4. The molecule has 0 spiro atoms. The first kappa shape index (κ1) is 34.6. The van der Waals surface area contributed by atoms with Gasteiger partial charge >= 0.3 is 22.4 Å². The van der Waals surface area contributed by atoms with Crippen LogP contribution in [0.15, 0.2) is 54.9 Å². The number of H-pyrrole nitrogens is 1. The molecule has 0 saturated carbocycles. The number of aromatic amines is 1. The summed E-state index contributed by atoms with van der Waals surface area (Å²) < 4.78 is 104. The molecule has 2 aliphatic heterocycles. The van der Waals surface area contributed by atoms with E-state index in [2.05, 4.69) is 20.2 Å². The highest BCUT2D eigenvalue weighted by molar-refractivity contribution is 7.90. The van der Waals surface area contributed by atoms with Crippen molar-refractivity contribution >= 4 is 44.4 Å². The Bertz CT molecular complexity index is 1930. The Balaban J connectivity index is 0.000000582. The van der Waals surface area contributed by atoms with Gasteiger partial charge in [-0.05, 0) is 42.3 Å². The third kappa shape index (κ3) is 7.55. The number of fused-ring (bicyclic) bond motifs is 1. The van der Waals surface area contributed by atoms with Crippen LogP contribution < -0.4 is 14.9 Å². The number of nitrogens with zero attached hydrogens (tertiary/aromatic N) is 3. The molecule has 1 atom stereocenters. The number of carboxylic acids is 1. The van der Waals surface area contributed by atoms with Crippen molar-refractivity contribution in [3.05, 3.63) is 77.6 Å². The number of piperazine rings is 1. The van der Waals surface area contributed by atoms with E-state index < -0.39 is 57.2 Å². The van der Waals surface area contributed by atoms with Crippen molar-refractivity contribution in [3.8, 4) is 11.1 Å². The normalized spacial score (nSPS) is 17.2. The molecule has 18 heteroatoms. The number of hydrogen-bond acceptors (Lipinski definition) is 7. The largest absolute Gasteiger partial charge is 0.490 e. The van der Waals surface area contributed by atoms with E-state index in [1.165, 1.54) is 6.20 Å². The molecule has 0 aliphatic carbocycles. The number of aliphatic carboxylic acids is 1. The van der Waals surface area contributed by atoms with Gasteiger partial charge in [-0.25, -0.2) is 22.9 Å². The van der Waals surface area contributed by atoms with Gasteiger partial charge in [0, 0.05) is 73.9 Å². The summed E-state index contributed by atoms with van der Waals surface area (Å²) in [5, 5.41) is 10.8. The minimum Gasteiger partial charge on any atom is -0.475 e. The summed E-state index contributed by atoms with van der Waals surface area (Å²) >= 11 is 0. The second-order valence-corrected chi connectivity index (χ2v) is 12.5. The molecule has 2 aromatic heterocycles. The molecular weight excluding hydrogens is 670 g/mol. The maximum Gasteiger partial charge on any atom is 0.490 e. The summed E-state index contributed by atoms with van der Waals surface area (Å²) in [4.78, 5) is 31.9. The van der Waals surface area contributed by atoms with Crippen molar-refractivity contribution in [2.45, 2.75) is 18.8 Å². The van der Waals surface area contributed by atoms with E-state index in [1.807, 2.05) is 29.0 Å². The summed E-state index contributed by atoms with van der Waals surface area (Å²) in [5.74, 6) is -6.25. The van der Waals surface area contributed by atoms with Crippen LogP contribution in [0.4, 0.5) is 37.7 Å². The van der Waals surface area contributed by atoms with Crippen LogP contribution in [0, 0.1) is 11.6 Å². The van der Waals surface area contributed by atoms with E-state index in [4.69, 9.17) is 9.90 Å². The fourth-order valence-corrected chi connectivity index (χ4v) is 6.49. The van der Waals surface area contributed by atoms with E-state index in [0.29, 0.717) is 16.6 Å². The zero-order chi connectivity index (χ0) is 34.8. The van der Waals surface area contributed by atoms with Crippen molar-refractivity contribution in [2.75, 3.05) is 48.9 Å². The molecule has 2 fully saturated rings. The lowest BCUT2D eigenvalue weighted by Gasteiger charge is -2.29. The van der Waals surface area contributed by atoms with Crippen LogP contribution in [0.2, 0.25) is 0 Å². The number of carbonyl (C=O) groups excluding carboxylic acids is 1. The number of carbonyl (C=O) groups is 2. The standard InChI is InChI=1S/C28H27F3N6O3S.C2HF3O2/c29-19-7-10-37(16-19)41(39,40)35-24-6-5-23(30)25(26(24)31)27(38)22-15-34-28-21(22)13-18(14-33-28)17-1-3-20(4-2-17)36-11-8-32-9-12-36;3-2(4,5)1(6)7/h1-6,13-15,19,32,35H,7-12,16H2,(H,33,34);(H,6,7)/t19-;/m1./s1. The van der Waals surface area contributed by atoms with Crippen LogP contribution in [-0.4, -0.2) is 91.2 Å². The topological polar surface area (TPSA) is 148 Å². The highest BCUT2D eigenvalue weighted by Crippen LogP contribution is 2.31. The molecule has 11 nitrogen and oxygen atoms in total. The second kappa shape index (κ2) is 13.8. The molecule has 0 radical (unpaired) electrons. The molecule has 4 N–H and O–H groups in total. The average molecular weight is 699 g/mol. The van der Waals surface area contributed by atoms with Crippen LogP contribution in [0.1, 0.15) is 22.3 Å². The monoisotopic (exact) mass is 698 g/mol. The van der Waals surface area contributed by atoms with Crippen LogP contribution >= 0.6 is 0 Å². The number of nitrogens with one attached hydrogen (secondary N) is 3. The number of rotatable bonds is 7. The zero-order valence-corrected chi connectivity index (χ0v) is 25.6. The molecule has 4 aromatic rings. The van der Waals surface area contributed by atoms with E-state index >= 15 is 4.39 Å². The maximum atomic E-state index is 15.5. The Morgan fingerprint density at radius 1 is 1.00 bits per heavy atom. The smallest absolute Gasteiger partial charge is 0.475 e. The molecule has 2 aliphatic rings. The van der Waals surface area contributed by atoms with Crippen LogP contribution in [-0.2, 0) is 15.0 Å². The molecule has 0 amide bonds. The molecule has 0 bridgehead atoms. The van der Waals surface area contributed by atoms with Crippen molar-refractivity contribution in [3.63, 3.8) is 0 Å². The van der Waals surface area contributed by atoms with Gasteiger partial charge in [0.15, 0.2) is 5.82 Å². The van der Waals surface area contributed by atoms with Crippen LogP contribution in [0.5, 0.6) is 0 Å². The zero-order valence-electron chi connectivity index (χ0n) is 24.8. The van der Waals surface area contributed by atoms with E-state index in [9.17, 15) is 35.2 Å². The van der Waals surface area contributed by atoms with Gasteiger partial charge in [0.05, 0.1) is 11.3 Å². The number of benzene rings is 2. The molecule has 2 saturated heterocycles. The Hall–Kier alpha value is -4.68. The summed E-state index contributed by atoms with van der Waals surface area (Å²) in [7, 11) is -4.31. The quantitative estimate of drug-likeness (QED) is 0.163. The second-order valence-electron chi connectivity index (χ2n) is 10.9. The molecule has 6 rings (SSSR count). The van der Waals surface area contributed by atoms with Crippen LogP contribution in [0.3, 0.4) is 0 Å². The third-order valence-corrected chi connectivity index (χ3v) is 9.18. The number of carboxylic acid groups (broad SMARTS) is 1. The number of halogens is 6. The Kier molecular flexibility index (Phi) is 9.97. The van der Waals surface area contributed by atoms with Crippen LogP contribution in [0.25, 0.3) is 22.2 Å². The van der Waals surface area contributed by atoms with Gasteiger partial charge in [-0.3, -0.25) is 9.52 Å². The highest BCUT2D eigenvalue weighted by Gasteiger charge is 2.38. The summed E-state index contributed by atoms with van der Waals surface area (Å²) in [6.45, 7) is 3.21. The van der Waals surface area contributed by atoms with E-state index in [-0.39, 0.29) is 25.1 Å². The van der Waals surface area contributed by atoms with Gasteiger partial charge in [-0.1, -0.05) is 12.1 Å². The number of ketones is 1. The minimum atomic E-state index is -5.08. The van der Waals surface area contributed by atoms with Crippen molar-refractivity contribution in [2.24, 2.45) is 0 Å². The Labute approximate surface area is 269 Å². The lowest BCUT2D eigenvalue weighted by Crippen LogP contribution is -2.43. The Morgan fingerprint density at radius 2 is 1.67 bits per heavy atom. The molecular formula is C30H28F6N6O5S. The van der Waals surface area contributed by atoms with E-state index in [0.717, 1.165) is 53.9 Å². The van der Waals surface area contributed by atoms with Gasteiger partial charge in [-0.2, -0.15) is 25.9 Å². The molecule has 4 heterocycles. The molecule has 48 heavy (non-hydrogen) atoms. The first-order valence-corrected chi connectivity index (χ1v) is 15.9. The molecule has 0 unspecified atom stereocenters. The fraction of sp³-hybridized carbons (Fsp3) is 0.300. The van der Waals surface area contributed by atoms with Crippen molar-refractivity contribution in [1.82, 2.24) is 19.6 Å². The highest BCUT2D eigenvalue weighted by atomic mass is 32.2. The van der Waals surface area contributed by atoms with Gasteiger partial charge in [0.1, 0.15) is 17.6 Å².